The van der Waals surface area contributed by atoms with E-state index in [1.807, 2.05) is 0 Å². The smallest absolute Gasteiger partial charge is 0.207 e. The molecule has 1 aromatic carbocycles. The van der Waals surface area contributed by atoms with Crippen LogP contribution in [0.25, 0.3) is 0 Å². The predicted octanol–water partition coefficient (Wildman–Crippen LogP) is 3.58. The molecule has 1 N–H and O–H groups in total. The van der Waals surface area contributed by atoms with Crippen LogP contribution in [-0.2, 0) is 10.0 Å². The molecule has 0 fully saturated rings. The summed E-state index contributed by atoms with van der Waals surface area (Å²) >= 11 is 14.4. The van der Waals surface area contributed by atoms with E-state index in [1.54, 1.807) is 13.8 Å². The highest BCUT2D eigenvalue weighted by atomic mass is 79.9. The van der Waals surface area contributed by atoms with Gasteiger partial charge in [-0.05, 0) is 26.0 Å². The minimum Gasteiger partial charge on any atom is -0.207 e. The Labute approximate surface area is 124 Å². The van der Waals surface area contributed by atoms with Crippen molar-refractivity contribution in [2.24, 2.45) is 0 Å². The first-order valence-corrected chi connectivity index (χ1v) is 8.20. The van der Waals surface area contributed by atoms with Crippen molar-refractivity contribution in [3.8, 4) is 0 Å². The summed E-state index contributed by atoms with van der Waals surface area (Å²) in [5.74, 6) is -0.946. The summed E-state index contributed by atoms with van der Waals surface area (Å²) in [6, 6.07) is 2.32. The average Bonchev–Trinajstić information content (AvgIpc) is 2.24. The Morgan fingerprint density at radius 1 is 1.39 bits per heavy atom. The third-order valence-electron chi connectivity index (χ3n) is 2.03. The summed E-state index contributed by atoms with van der Waals surface area (Å²) in [6.45, 7) is 3.36. The highest BCUT2D eigenvalue weighted by molar-refractivity contribution is 9.09. The summed E-state index contributed by atoms with van der Waals surface area (Å²) in [4.78, 5) is -0.333. The summed E-state index contributed by atoms with van der Waals surface area (Å²) in [5.41, 5.74) is -0.724. The number of rotatable bonds is 4. The van der Waals surface area contributed by atoms with Crippen LogP contribution in [0, 0.1) is 5.82 Å². The standard InChI is InChI=1S/C10H11BrCl2FNO2S/c1-10(2,5-11)15-18(16,17)7-4-3-6(12)9(14)8(7)13/h3-4,15H,5H2,1-2H3. The number of alkyl halides is 1. The van der Waals surface area contributed by atoms with E-state index in [2.05, 4.69) is 20.7 Å². The van der Waals surface area contributed by atoms with Gasteiger partial charge < -0.3 is 0 Å². The number of sulfonamides is 1. The van der Waals surface area contributed by atoms with Gasteiger partial charge in [0.2, 0.25) is 10.0 Å². The van der Waals surface area contributed by atoms with Gasteiger partial charge in [-0.2, -0.15) is 0 Å². The number of nitrogens with one attached hydrogen (secondary N) is 1. The molecule has 0 unspecified atom stereocenters. The maximum Gasteiger partial charge on any atom is 0.242 e. The van der Waals surface area contributed by atoms with Crippen molar-refractivity contribution in [1.29, 1.82) is 0 Å². The van der Waals surface area contributed by atoms with E-state index in [0.29, 0.717) is 5.33 Å². The van der Waals surface area contributed by atoms with Crippen LogP contribution in [0.4, 0.5) is 4.39 Å². The Morgan fingerprint density at radius 2 is 1.94 bits per heavy atom. The fraction of sp³-hybridized carbons (Fsp3) is 0.400. The van der Waals surface area contributed by atoms with E-state index in [4.69, 9.17) is 23.2 Å². The van der Waals surface area contributed by atoms with Crippen molar-refractivity contribution in [3.05, 3.63) is 28.0 Å². The van der Waals surface area contributed by atoms with Crippen molar-refractivity contribution >= 4 is 49.2 Å². The molecule has 0 saturated heterocycles. The molecule has 1 aromatic rings. The van der Waals surface area contributed by atoms with Crippen LogP contribution in [-0.4, -0.2) is 19.3 Å². The molecule has 0 heterocycles. The molecule has 102 valence electrons. The van der Waals surface area contributed by atoms with Crippen molar-refractivity contribution in [2.45, 2.75) is 24.3 Å². The van der Waals surface area contributed by atoms with Gasteiger partial charge in [-0.1, -0.05) is 39.1 Å². The van der Waals surface area contributed by atoms with Crippen LogP contribution in [0.3, 0.4) is 0 Å². The van der Waals surface area contributed by atoms with Crippen molar-refractivity contribution in [2.75, 3.05) is 5.33 Å². The van der Waals surface area contributed by atoms with Gasteiger partial charge >= 0.3 is 0 Å². The van der Waals surface area contributed by atoms with E-state index >= 15 is 0 Å². The van der Waals surface area contributed by atoms with Crippen molar-refractivity contribution < 1.29 is 12.8 Å². The van der Waals surface area contributed by atoms with E-state index in [-0.39, 0.29) is 9.92 Å². The third-order valence-corrected chi connectivity index (χ3v) is 5.95. The quantitative estimate of drug-likeness (QED) is 0.642. The van der Waals surface area contributed by atoms with Crippen molar-refractivity contribution in [1.82, 2.24) is 4.72 Å². The predicted molar refractivity (Wildman–Crippen MR) is 74.6 cm³/mol. The zero-order valence-electron chi connectivity index (χ0n) is 9.60. The lowest BCUT2D eigenvalue weighted by Gasteiger charge is -2.23. The molecular formula is C10H11BrCl2FNO2S. The molecule has 0 spiro atoms. The van der Waals surface area contributed by atoms with Crippen LogP contribution in [0.1, 0.15) is 13.8 Å². The second kappa shape index (κ2) is 5.63. The molecule has 0 aliphatic rings. The molecule has 1 rings (SSSR count). The van der Waals surface area contributed by atoms with E-state index in [9.17, 15) is 12.8 Å². The topological polar surface area (TPSA) is 46.2 Å². The van der Waals surface area contributed by atoms with Crippen LogP contribution in [0.5, 0.6) is 0 Å². The maximum absolute atomic E-state index is 13.5. The number of hydrogen-bond donors (Lipinski definition) is 1. The average molecular weight is 379 g/mol. The van der Waals surface area contributed by atoms with Gasteiger partial charge in [0.1, 0.15) is 4.90 Å². The minimum atomic E-state index is -3.91. The maximum atomic E-state index is 13.5. The van der Waals surface area contributed by atoms with E-state index < -0.39 is 26.4 Å². The van der Waals surface area contributed by atoms with Gasteiger partial charge in [-0.3, -0.25) is 0 Å². The molecular weight excluding hydrogens is 368 g/mol. The molecule has 0 aromatic heterocycles. The lowest BCUT2D eigenvalue weighted by atomic mass is 10.1. The highest BCUT2D eigenvalue weighted by Gasteiger charge is 2.28. The molecule has 0 atom stereocenters. The SMILES string of the molecule is CC(C)(CBr)NS(=O)(=O)c1ccc(Cl)c(F)c1Cl. The van der Waals surface area contributed by atoms with Gasteiger partial charge in [0.15, 0.2) is 5.82 Å². The van der Waals surface area contributed by atoms with E-state index in [0.717, 1.165) is 6.07 Å². The molecule has 0 radical (unpaired) electrons. The molecule has 3 nitrogen and oxygen atoms in total. The first-order chi connectivity index (χ1) is 8.10. The largest absolute Gasteiger partial charge is 0.242 e. The molecule has 0 aliphatic carbocycles. The lowest BCUT2D eigenvalue weighted by Crippen LogP contribution is -2.44. The third kappa shape index (κ3) is 3.57. The first kappa shape index (κ1) is 16.2. The normalized spacial score (nSPS) is 12.8. The number of hydrogen-bond acceptors (Lipinski definition) is 2. The summed E-state index contributed by atoms with van der Waals surface area (Å²) in [6.07, 6.45) is 0. The monoisotopic (exact) mass is 377 g/mol. The first-order valence-electron chi connectivity index (χ1n) is 4.84. The minimum absolute atomic E-state index is 0.223. The summed E-state index contributed by atoms with van der Waals surface area (Å²) in [5, 5.41) is -0.341. The Bertz CT molecular complexity index is 563. The molecule has 18 heavy (non-hydrogen) atoms. The van der Waals surface area contributed by atoms with Crippen LogP contribution in [0.2, 0.25) is 10.0 Å². The zero-order valence-corrected chi connectivity index (χ0v) is 13.5. The number of halogens is 4. The molecule has 0 amide bonds. The lowest BCUT2D eigenvalue weighted by molar-refractivity contribution is 0.500. The fourth-order valence-electron chi connectivity index (χ4n) is 1.16. The summed E-state index contributed by atoms with van der Waals surface area (Å²) in [7, 11) is -3.91. The van der Waals surface area contributed by atoms with E-state index in [1.165, 1.54) is 6.07 Å². The second-order valence-electron chi connectivity index (χ2n) is 4.30. The van der Waals surface area contributed by atoms with Crippen molar-refractivity contribution in [3.63, 3.8) is 0 Å². The Kier molecular flexibility index (Phi) is 5.06. The zero-order chi connectivity index (χ0) is 14.1. The molecule has 0 aliphatic heterocycles. The molecule has 8 heteroatoms. The highest BCUT2D eigenvalue weighted by Crippen LogP contribution is 2.30. The van der Waals surface area contributed by atoms with Gasteiger partial charge in [-0.25, -0.2) is 17.5 Å². The fourth-order valence-corrected chi connectivity index (χ4v) is 3.65. The molecule has 0 bridgehead atoms. The number of benzene rings is 1. The van der Waals surface area contributed by atoms with Crippen LogP contribution < -0.4 is 4.72 Å². The van der Waals surface area contributed by atoms with Crippen LogP contribution in [0.15, 0.2) is 17.0 Å². The van der Waals surface area contributed by atoms with Gasteiger partial charge in [-0.15, -0.1) is 0 Å². The Morgan fingerprint density at radius 3 is 2.44 bits per heavy atom. The van der Waals surface area contributed by atoms with Gasteiger partial charge in [0, 0.05) is 10.9 Å². The van der Waals surface area contributed by atoms with Crippen LogP contribution >= 0.6 is 39.1 Å². The molecule has 0 saturated carbocycles. The Hall–Kier alpha value is 0.120. The Balaban J connectivity index is 3.27. The van der Waals surface area contributed by atoms with Gasteiger partial charge in [0.25, 0.3) is 0 Å². The van der Waals surface area contributed by atoms with Gasteiger partial charge in [0.05, 0.1) is 10.0 Å². The summed E-state index contributed by atoms with van der Waals surface area (Å²) < 4.78 is 40.0. The second-order valence-corrected chi connectivity index (χ2v) is 7.29.